The summed E-state index contributed by atoms with van der Waals surface area (Å²) in [5.41, 5.74) is 3.41. The van der Waals surface area contributed by atoms with Gasteiger partial charge in [0.1, 0.15) is 18.5 Å². The van der Waals surface area contributed by atoms with E-state index in [4.69, 9.17) is 28.0 Å². The van der Waals surface area contributed by atoms with Crippen LogP contribution in [-0.2, 0) is 79.2 Å². The van der Waals surface area contributed by atoms with Crippen LogP contribution in [0.25, 0.3) is 11.0 Å². The number of H-pyrrole nitrogens is 1. The monoisotopic (exact) mass is 1440 g/mol. The number of ether oxygens (including phenoxy) is 4. The van der Waals surface area contributed by atoms with Crippen LogP contribution in [-0.4, -0.2) is 164 Å². The van der Waals surface area contributed by atoms with Crippen molar-refractivity contribution in [1.29, 1.82) is 0 Å². The number of fused-ring (bicyclic) bond motifs is 2. The maximum Gasteiger partial charge on any atom is 0.306 e. The molecule has 0 bridgehead atoms. The lowest BCUT2D eigenvalue weighted by atomic mass is 10.0. The number of nitrogens with zero attached hydrogens (tertiary/aromatic N) is 3. The Kier molecular flexibility index (Phi) is 46.6. The van der Waals surface area contributed by atoms with Crippen LogP contribution in [0.15, 0.2) is 42.5 Å². The first-order valence-corrected chi connectivity index (χ1v) is 39.4. The van der Waals surface area contributed by atoms with Crippen LogP contribution in [0.4, 0.5) is 5.69 Å². The van der Waals surface area contributed by atoms with Gasteiger partial charge in [-0.3, -0.25) is 42.9 Å². The number of nitrogens with one attached hydrogen (secondary N) is 5. The Bertz CT molecular complexity index is 2860. The van der Waals surface area contributed by atoms with E-state index < -0.39 is 69.3 Å². The molecule has 6 N–H and O–H groups in total. The molecular formula is C75H122N8O17P-. The Labute approximate surface area is 600 Å². The molecule has 1 aromatic heterocycles. The number of hydrogen-bond donors (Lipinski definition) is 6. The molecule has 0 aliphatic carbocycles. The second-order valence-electron chi connectivity index (χ2n) is 26.6. The van der Waals surface area contributed by atoms with Gasteiger partial charge in [0.2, 0.25) is 23.6 Å². The molecule has 2 aromatic carbocycles. The molecule has 0 saturated heterocycles. The van der Waals surface area contributed by atoms with Crippen molar-refractivity contribution in [1.82, 2.24) is 35.7 Å². The molecule has 101 heavy (non-hydrogen) atoms. The second kappa shape index (κ2) is 54.2. The smallest absolute Gasteiger partial charge is 0.306 e. The van der Waals surface area contributed by atoms with Gasteiger partial charge in [-0.25, -0.2) is 4.98 Å². The topological polar surface area (TPSA) is 336 Å². The molecule has 3 aromatic rings. The maximum absolute atomic E-state index is 13.6. The number of para-hydroxylation sites is 2. The third kappa shape index (κ3) is 41.4. The van der Waals surface area contributed by atoms with E-state index in [-0.39, 0.29) is 109 Å². The van der Waals surface area contributed by atoms with E-state index in [2.05, 4.69) is 45.1 Å². The molecule has 1 aliphatic rings. The first kappa shape index (κ1) is 86.9. The van der Waals surface area contributed by atoms with Gasteiger partial charge in [-0.1, -0.05) is 193 Å². The molecule has 1 aliphatic heterocycles. The van der Waals surface area contributed by atoms with Crippen LogP contribution in [0.3, 0.4) is 0 Å². The van der Waals surface area contributed by atoms with Gasteiger partial charge in [0.15, 0.2) is 6.10 Å². The Balaban J connectivity index is 1.01. The maximum atomic E-state index is 13.6. The number of carboxylic acid groups (broad SMARTS) is 1. The fourth-order valence-corrected chi connectivity index (χ4v) is 12.6. The van der Waals surface area contributed by atoms with Crippen molar-refractivity contribution >= 4 is 72.0 Å². The Morgan fingerprint density at radius 3 is 1.73 bits per heavy atom. The van der Waals surface area contributed by atoms with Crippen LogP contribution >= 0.6 is 7.82 Å². The van der Waals surface area contributed by atoms with Gasteiger partial charge >= 0.3 is 17.9 Å². The summed E-state index contributed by atoms with van der Waals surface area (Å²) in [5.74, 6) is -3.10. The Morgan fingerprint density at radius 1 is 0.614 bits per heavy atom. The molecule has 1 unspecified atom stereocenters. The average Bonchev–Trinajstić information content (AvgIpc) is 1.73. The number of aromatic amines is 1. The minimum Gasteiger partial charge on any atom is -0.756 e. The standard InChI is InChI=1S/C75H123N8O17P/c1-4-6-8-10-12-14-16-18-20-22-24-26-30-38-72(89)97-58-62(100-73(90)39-31-27-25-23-21-19-17-15-13-11-9-7-5-2)59-99-101(93,94)98-51-47-78-69(85)43-42-68(84)77-46-50-96-53-52-95-49-44-70(86)76-45-34-28-29-35-48-83-56-61-54-60(40-41-63(61)79-66(75(83)92)55-71(87)88)74(91)82(3)57-67-80-64-36-32-33-37-65(64)81-67/h32-33,36-37,40-41,54,62,66,79H,4-31,34-35,38-39,42-53,55-59H2,1-3H3,(H,76,86)(H,77,84)(H,78,85)(H,80,81)(H,87,88)(H,93,94)/p-1/t62-,66-/m1/s1. The third-order valence-corrected chi connectivity index (χ3v) is 18.6. The van der Waals surface area contributed by atoms with Gasteiger partial charge in [-0.15, -0.1) is 0 Å². The van der Waals surface area contributed by atoms with Crippen LogP contribution in [0.5, 0.6) is 0 Å². The number of rotatable bonds is 62. The van der Waals surface area contributed by atoms with E-state index >= 15 is 0 Å². The number of unbranched alkanes of at least 4 members (excludes halogenated alkanes) is 27. The molecule has 570 valence electrons. The predicted octanol–water partition coefficient (Wildman–Crippen LogP) is 12.5. The lowest BCUT2D eigenvalue weighted by Crippen LogP contribution is -2.42. The van der Waals surface area contributed by atoms with Crippen LogP contribution in [0.1, 0.15) is 267 Å². The lowest BCUT2D eigenvalue weighted by molar-refractivity contribution is -0.228. The number of carboxylic acids is 1. The molecule has 0 fully saturated rings. The normalized spacial score (nSPS) is 13.8. The Hall–Kier alpha value is -6.50. The molecule has 5 amide bonds. The van der Waals surface area contributed by atoms with Crippen molar-refractivity contribution in [2.75, 3.05) is 84.8 Å². The fraction of sp³-hybridized carbons (Fsp3) is 0.720. The van der Waals surface area contributed by atoms with E-state index in [9.17, 15) is 52.9 Å². The molecule has 3 atom stereocenters. The molecule has 0 saturated carbocycles. The Morgan fingerprint density at radius 2 is 1.14 bits per heavy atom. The molecular weight excluding hydrogens is 1320 g/mol. The number of benzene rings is 2. The fourth-order valence-electron chi connectivity index (χ4n) is 11.9. The number of carbonyl (C=O) groups is 8. The number of aromatic nitrogens is 2. The van der Waals surface area contributed by atoms with Crippen LogP contribution in [0, 0.1) is 0 Å². The summed E-state index contributed by atoms with van der Waals surface area (Å²) in [7, 11) is -3.25. The molecule has 4 rings (SSSR count). The minimum atomic E-state index is -4.94. The van der Waals surface area contributed by atoms with E-state index in [1.54, 1.807) is 35.0 Å². The first-order valence-electron chi connectivity index (χ1n) is 38.0. The zero-order chi connectivity index (χ0) is 73.0. The van der Waals surface area contributed by atoms with Crippen molar-refractivity contribution in [3.8, 4) is 0 Å². The van der Waals surface area contributed by atoms with E-state index in [1.165, 1.54) is 116 Å². The zero-order valence-corrected chi connectivity index (χ0v) is 62.0. The number of esters is 2. The van der Waals surface area contributed by atoms with Crippen molar-refractivity contribution in [2.45, 2.75) is 270 Å². The van der Waals surface area contributed by atoms with Gasteiger partial charge < -0.3 is 74.0 Å². The van der Waals surface area contributed by atoms with Gasteiger partial charge in [-0.05, 0) is 61.6 Å². The summed E-state index contributed by atoms with van der Waals surface area (Å²) in [6.45, 7) is 5.10. The number of anilines is 1. The van der Waals surface area contributed by atoms with Gasteiger partial charge in [0.25, 0.3) is 13.7 Å². The highest BCUT2D eigenvalue weighted by Crippen LogP contribution is 2.38. The van der Waals surface area contributed by atoms with E-state index in [0.29, 0.717) is 61.4 Å². The lowest BCUT2D eigenvalue weighted by Gasteiger charge is -2.25. The van der Waals surface area contributed by atoms with Crippen molar-refractivity contribution in [3.63, 3.8) is 0 Å². The highest BCUT2D eigenvalue weighted by atomic mass is 31.2. The number of aliphatic carboxylic acids is 1. The SMILES string of the molecule is CCCCCCCCCCCCCCCC(=O)OC[C@H](COP(=O)([O-])OCCNC(=O)CCC(=O)NCCOCCOCCC(=O)NCCCCCCN1Cc2cc(C(=O)N(C)Cc3nc4ccccc4[nH]3)ccc2N[C@H](CC(=O)O)C1=O)OC(=O)CCCCCCCCCCCCCCC. The first-order chi connectivity index (χ1) is 49.0. The largest absolute Gasteiger partial charge is 0.756 e. The molecule has 2 heterocycles. The second-order valence-corrected chi connectivity index (χ2v) is 28.0. The summed E-state index contributed by atoms with van der Waals surface area (Å²) in [4.78, 5) is 126. The summed E-state index contributed by atoms with van der Waals surface area (Å²) in [5, 5.41) is 20.8. The molecule has 0 spiro atoms. The third-order valence-electron chi connectivity index (χ3n) is 17.7. The van der Waals surface area contributed by atoms with Gasteiger partial charge in [-0.2, -0.15) is 0 Å². The number of phosphoric ester groups is 1. The summed E-state index contributed by atoms with van der Waals surface area (Å²) >= 11 is 0. The van der Waals surface area contributed by atoms with Gasteiger partial charge in [0.05, 0.1) is 63.6 Å². The van der Waals surface area contributed by atoms with E-state index in [0.717, 1.165) is 62.4 Å². The zero-order valence-electron chi connectivity index (χ0n) is 61.1. The van der Waals surface area contributed by atoms with Crippen molar-refractivity contribution < 1.29 is 80.9 Å². The number of amides is 5. The predicted molar refractivity (Wildman–Crippen MR) is 387 cm³/mol. The highest BCUT2D eigenvalue weighted by Gasteiger charge is 2.32. The van der Waals surface area contributed by atoms with Crippen LogP contribution < -0.4 is 26.2 Å². The summed E-state index contributed by atoms with van der Waals surface area (Å²) < 4.78 is 44.8. The number of hydrogen-bond acceptors (Lipinski definition) is 18. The number of carbonyl (C=O) groups excluding carboxylic acids is 7. The molecule has 26 heteroatoms. The highest BCUT2D eigenvalue weighted by molar-refractivity contribution is 7.45. The summed E-state index contributed by atoms with van der Waals surface area (Å²) in [6, 6.07) is 11.8. The number of phosphoric acid groups is 1. The quantitative estimate of drug-likeness (QED) is 0.0174. The van der Waals surface area contributed by atoms with Gasteiger partial charge in [0, 0.05) is 83.1 Å². The minimum absolute atomic E-state index is 0.129. The van der Waals surface area contributed by atoms with Crippen molar-refractivity contribution in [3.05, 3.63) is 59.4 Å². The van der Waals surface area contributed by atoms with Crippen molar-refractivity contribution in [2.24, 2.45) is 0 Å². The van der Waals surface area contributed by atoms with Crippen LogP contribution in [0.2, 0.25) is 0 Å². The molecule has 0 radical (unpaired) electrons. The molecule has 25 nitrogen and oxygen atoms in total. The number of imidazole rings is 1. The average molecular weight is 1440 g/mol. The summed E-state index contributed by atoms with van der Waals surface area (Å²) in [6.07, 6.45) is 31.8. The van der Waals surface area contributed by atoms with E-state index in [1.807, 2.05) is 24.3 Å².